The number of benzene rings is 1. The number of fused-ring (bicyclic) bond motifs is 1. The third kappa shape index (κ3) is 3.21. The highest BCUT2D eigenvalue weighted by molar-refractivity contribution is 6.43. The second kappa shape index (κ2) is 6.52. The molecule has 2 N–H and O–H groups in total. The number of rotatable bonds is 1. The van der Waals surface area contributed by atoms with Gasteiger partial charge in [0.15, 0.2) is 0 Å². The van der Waals surface area contributed by atoms with Crippen LogP contribution in [0.15, 0.2) is 18.2 Å². The summed E-state index contributed by atoms with van der Waals surface area (Å²) in [5.74, 6) is 0.773. The van der Waals surface area contributed by atoms with Gasteiger partial charge in [-0.3, -0.25) is 0 Å². The topological polar surface area (TPSA) is 62.7 Å². The van der Waals surface area contributed by atoms with Gasteiger partial charge in [-0.05, 0) is 42.2 Å². The van der Waals surface area contributed by atoms with Crippen molar-refractivity contribution in [3.63, 3.8) is 0 Å². The molecule has 25 heavy (non-hydrogen) atoms. The number of nitrogens with two attached hydrogens (primary N) is 1. The molecule has 1 atom stereocenters. The number of halogens is 2. The molecule has 1 aromatic heterocycles. The third-order valence-corrected chi connectivity index (χ3v) is 5.97. The van der Waals surface area contributed by atoms with E-state index in [4.69, 9.17) is 28.9 Å². The molecule has 3 rings (SSSR count). The van der Waals surface area contributed by atoms with Gasteiger partial charge >= 0.3 is 0 Å². The molecular weight excluding hydrogens is 353 g/mol. The number of nitriles is 1. The van der Waals surface area contributed by atoms with Gasteiger partial charge in [0.05, 0.1) is 10.0 Å². The first-order valence-electron chi connectivity index (χ1n) is 8.39. The fourth-order valence-electron chi connectivity index (χ4n) is 3.62. The Kier molecular flexibility index (Phi) is 4.70. The van der Waals surface area contributed by atoms with E-state index in [2.05, 4.69) is 31.8 Å². The van der Waals surface area contributed by atoms with E-state index in [9.17, 15) is 5.26 Å². The smallest absolute Gasteiger partial charge is 0.142 e. The van der Waals surface area contributed by atoms with Crippen molar-refractivity contribution in [2.45, 2.75) is 40.0 Å². The van der Waals surface area contributed by atoms with Crippen molar-refractivity contribution >= 4 is 29.0 Å². The number of aryl methyl sites for hydroxylation is 1. The summed E-state index contributed by atoms with van der Waals surface area (Å²) in [7, 11) is 0. The molecule has 2 aromatic rings. The predicted molar refractivity (Wildman–Crippen MR) is 104 cm³/mol. The third-order valence-electron chi connectivity index (χ3n) is 5.15. The van der Waals surface area contributed by atoms with Gasteiger partial charge in [0.1, 0.15) is 17.5 Å². The zero-order valence-electron chi connectivity index (χ0n) is 14.7. The molecule has 0 amide bonds. The van der Waals surface area contributed by atoms with Gasteiger partial charge in [0.2, 0.25) is 0 Å². The van der Waals surface area contributed by atoms with Gasteiger partial charge in [0.25, 0.3) is 0 Å². The summed E-state index contributed by atoms with van der Waals surface area (Å²) in [4.78, 5) is 4.52. The van der Waals surface area contributed by atoms with Gasteiger partial charge in [-0.25, -0.2) is 4.98 Å². The Morgan fingerprint density at radius 1 is 1.28 bits per heavy atom. The molecule has 0 fully saturated rings. The van der Waals surface area contributed by atoms with E-state index in [-0.39, 0.29) is 11.2 Å². The summed E-state index contributed by atoms with van der Waals surface area (Å²) in [6, 6.07) is 7.71. The van der Waals surface area contributed by atoms with Crippen LogP contribution >= 0.6 is 23.2 Å². The number of anilines is 1. The average molecular weight is 374 g/mol. The van der Waals surface area contributed by atoms with E-state index in [1.54, 1.807) is 6.07 Å². The van der Waals surface area contributed by atoms with E-state index in [1.165, 1.54) is 0 Å². The van der Waals surface area contributed by atoms with Gasteiger partial charge in [-0.15, -0.1) is 0 Å². The van der Waals surface area contributed by atoms with Gasteiger partial charge in [-0.2, -0.15) is 5.26 Å². The van der Waals surface area contributed by atoms with E-state index < -0.39 is 0 Å². The van der Waals surface area contributed by atoms with Crippen LogP contribution in [0.2, 0.25) is 10.0 Å². The lowest BCUT2D eigenvalue weighted by molar-refractivity contribution is 0.215. The highest BCUT2D eigenvalue weighted by atomic mass is 35.5. The zero-order chi connectivity index (χ0) is 18.4. The first kappa shape index (κ1) is 18.0. The minimum absolute atomic E-state index is 0.182. The standard InChI is InChI=1S/C20H21Cl2N3/c1-20(2,3)11-7-8-16-13(9-11)17(14(10-23)19(24)25-16)12-5-4-6-15(21)18(12)22/h4-6,11H,7-9H2,1-3H3,(H2,24,25). The fourth-order valence-corrected chi connectivity index (χ4v) is 4.02. The summed E-state index contributed by atoms with van der Waals surface area (Å²) in [6.07, 6.45) is 2.79. The first-order chi connectivity index (χ1) is 11.7. The Morgan fingerprint density at radius 2 is 2.00 bits per heavy atom. The van der Waals surface area contributed by atoms with E-state index >= 15 is 0 Å². The fraction of sp³-hybridized carbons (Fsp3) is 0.400. The zero-order valence-corrected chi connectivity index (χ0v) is 16.2. The summed E-state index contributed by atoms with van der Waals surface area (Å²) in [5, 5.41) is 10.6. The minimum Gasteiger partial charge on any atom is -0.383 e. The quantitative estimate of drug-likeness (QED) is 0.700. The van der Waals surface area contributed by atoms with Crippen LogP contribution in [0.5, 0.6) is 0 Å². The Morgan fingerprint density at radius 3 is 2.64 bits per heavy atom. The maximum atomic E-state index is 9.70. The van der Waals surface area contributed by atoms with Crippen LogP contribution in [0.4, 0.5) is 5.82 Å². The first-order valence-corrected chi connectivity index (χ1v) is 9.15. The Balaban J connectivity index is 2.29. The largest absolute Gasteiger partial charge is 0.383 e. The monoisotopic (exact) mass is 373 g/mol. The van der Waals surface area contributed by atoms with Crippen molar-refractivity contribution < 1.29 is 0 Å². The molecule has 1 unspecified atom stereocenters. The van der Waals surface area contributed by atoms with Crippen LogP contribution < -0.4 is 5.73 Å². The minimum atomic E-state index is 0.182. The average Bonchev–Trinajstić information content (AvgIpc) is 2.55. The number of nitrogens with zero attached hydrogens (tertiary/aromatic N) is 2. The summed E-state index contributed by atoms with van der Waals surface area (Å²) >= 11 is 12.7. The lowest BCUT2D eigenvalue weighted by Crippen LogP contribution is -2.28. The van der Waals surface area contributed by atoms with E-state index in [0.717, 1.165) is 41.6 Å². The molecule has 0 spiro atoms. The van der Waals surface area contributed by atoms with Crippen molar-refractivity contribution in [2.75, 3.05) is 5.73 Å². The molecule has 0 radical (unpaired) electrons. The summed E-state index contributed by atoms with van der Waals surface area (Å²) in [6.45, 7) is 6.76. The van der Waals surface area contributed by atoms with Crippen molar-refractivity contribution in [1.82, 2.24) is 4.98 Å². The molecule has 0 saturated heterocycles. The Hall–Kier alpha value is -1.76. The van der Waals surface area contributed by atoms with Crippen molar-refractivity contribution in [3.8, 4) is 17.2 Å². The van der Waals surface area contributed by atoms with Crippen LogP contribution in [0.1, 0.15) is 44.0 Å². The lowest BCUT2D eigenvalue weighted by atomic mass is 9.70. The van der Waals surface area contributed by atoms with Crippen LogP contribution in [-0.2, 0) is 12.8 Å². The van der Waals surface area contributed by atoms with Crippen LogP contribution in [-0.4, -0.2) is 4.98 Å². The molecule has 3 nitrogen and oxygen atoms in total. The predicted octanol–water partition coefficient (Wildman–Crippen LogP) is 5.66. The molecule has 1 aliphatic carbocycles. The molecule has 5 heteroatoms. The molecule has 0 saturated carbocycles. The van der Waals surface area contributed by atoms with Crippen molar-refractivity contribution in [3.05, 3.63) is 45.1 Å². The van der Waals surface area contributed by atoms with Gasteiger partial charge in [-0.1, -0.05) is 56.1 Å². The Bertz CT molecular complexity index is 876. The molecular formula is C20H21Cl2N3. The Labute approximate surface area is 158 Å². The lowest BCUT2D eigenvalue weighted by Gasteiger charge is -2.35. The molecule has 1 aromatic carbocycles. The van der Waals surface area contributed by atoms with Crippen LogP contribution in [0.3, 0.4) is 0 Å². The molecule has 130 valence electrons. The maximum Gasteiger partial charge on any atom is 0.142 e. The van der Waals surface area contributed by atoms with Crippen LogP contribution in [0, 0.1) is 22.7 Å². The van der Waals surface area contributed by atoms with Crippen molar-refractivity contribution in [2.24, 2.45) is 11.3 Å². The van der Waals surface area contributed by atoms with Gasteiger partial charge < -0.3 is 5.73 Å². The molecule has 1 heterocycles. The summed E-state index contributed by atoms with van der Waals surface area (Å²) in [5.41, 5.74) is 10.3. The highest BCUT2D eigenvalue weighted by Gasteiger charge is 2.33. The second-order valence-corrected chi connectivity index (χ2v) is 8.48. The molecule has 1 aliphatic rings. The van der Waals surface area contributed by atoms with Gasteiger partial charge in [0, 0.05) is 16.8 Å². The highest BCUT2D eigenvalue weighted by Crippen LogP contribution is 2.44. The van der Waals surface area contributed by atoms with E-state index in [0.29, 0.717) is 21.5 Å². The number of aromatic nitrogens is 1. The number of hydrogen-bond donors (Lipinski definition) is 1. The molecule has 0 aliphatic heterocycles. The SMILES string of the molecule is CC(C)(C)C1CCc2nc(N)c(C#N)c(-c3cccc(Cl)c3Cl)c2C1. The van der Waals surface area contributed by atoms with E-state index in [1.807, 2.05) is 12.1 Å². The number of pyridine rings is 1. The van der Waals surface area contributed by atoms with Crippen LogP contribution in [0.25, 0.3) is 11.1 Å². The van der Waals surface area contributed by atoms with Crippen molar-refractivity contribution in [1.29, 1.82) is 5.26 Å². The normalized spacial score (nSPS) is 17.0. The molecule has 0 bridgehead atoms. The number of hydrogen-bond acceptors (Lipinski definition) is 3. The second-order valence-electron chi connectivity index (χ2n) is 7.69. The maximum absolute atomic E-state index is 9.70. The number of nitrogen functional groups attached to an aromatic ring is 1. The summed E-state index contributed by atoms with van der Waals surface area (Å²) < 4.78 is 0.